The summed E-state index contributed by atoms with van der Waals surface area (Å²) in [4.78, 5) is 0. The smallest absolute Gasteiger partial charge is 0.193 e. The molecule has 3 nitrogen and oxygen atoms in total. The summed E-state index contributed by atoms with van der Waals surface area (Å²) in [5.74, 6) is 0. The molecule has 1 fully saturated rings. The van der Waals surface area contributed by atoms with Gasteiger partial charge in [0, 0.05) is 13.7 Å². The third-order valence-electron chi connectivity index (χ3n) is 1.64. The van der Waals surface area contributed by atoms with E-state index in [1.165, 1.54) is 0 Å². The highest BCUT2D eigenvalue weighted by atomic mass is 28.2. The van der Waals surface area contributed by atoms with Crippen LogP contribution in [0.15, 0.2) is 0 Å². The minimum absolute atomic E-state index is 0.292. The van der Waals surface area contributed by atoms with E-state index in [4.69, 9.17) is 13.9 Å². The molecule has 2 atom stereocenters. The number of rotatable bonds is 6. The van der Waals surface area contributed by atoms with Crippen molar-refractivity contribution >= 4 is 9.76 Å². The molecule has 1 rings (SSSR count). The zero-order valence-corrected chi connectivity index (χ0v) is 8.62. The van der Waals surface area contributed by atoms with Gasteiger partial charge in [0.25, 0.3) is 0 Å². The lowest BCUT2D eigenvalue weighted by Gasteiger charge is -2.12. The Hall–Kier alpha value is 0.0969. The number of epoxide rings is 1. The van der Waals surface area contributed by atoms with Crippen molar-refractivity contribution in [2.75, 3.05) is 20.3 Å². The van der Waals surface area contributed by atoms with E-state index in [2.05, 4.69) is 6.92 Å². The SMILES string of the molecule is CCCOC([SiH2]OC)C1CO1. The Bertz CT molecular complexity index is 106. The topological polar surface area (TPSA) is 31.0 Å². The van der Waals surface area contributed by atoms with Crippen molar-refractivity contribution < 1.29 is 13.9 Å². The summed E-state index contributed by atoms with van der Waals surface area (Å²) in [5, 5.41) is 0. The van der Waals surface area contributed by atoms with Crippen LogP contribution in [-0.4, -0.2) is 41.9 Å². The summed E-state index contributed by atoms with van der Waals surface area (Å²) in [6.45, 7) is 3.81. The van der Waals surface area contributed by atoms with Gasteiger partial charge < -0.3 is 13.9 Å². The van der Waals surface area contributed by atoms with Gasteiger partial charge in [0.15, 0.2) is 9.76 Å². The Labute approximate surface area is 70.0 Å². The normalized spacial score (nSPS) is 26.2. The largest absolute Gasteiger partial charge is 0.424 e. The zero-order valence-electron chi connectivity index (χ0n) is 7.21. The van der Waals surface area contributed by atoms with Gasteiger partial charge in [-0.25, -0.2) is 0 Å². The van der Waals surface area contributed by atoms with Crippen molar-refractivity contribution in [3.63, 3.8) is 0 Å². The Morgan fingerprint density at radius 1 is 1.73 bits per heavy atom. The molecular weight excluding hydrogens is 160 g/mol. The standard InChI is InChI=1S/C7H16O3Si/c1-3-4-9-7(11-8-2)6-5-10-6/h6-7H,3-5,11H2,1-2H3. The van der Waals surface area contributed by atoms with E-state index in [0.29, 0.717) is 11.8 Å². The molecule has 0 bridgehead atoms. The van der Waals surface area contributed by atoms with Crippen molar-refractivity contribution in [3.8, 4) is 0 Å². The zero-order chi connectivity index (χ0) is 8.10. The van der Waals surface area contributed by atoms with Crippen molar-refractivity contribution in [3.05, 3.63) is 0 Å². The van der Waals surface area contributed by atoms with Crippen molar-refractivity contribution in [2.24, 2.45) is 0 Å². The molecule has 0 N–H and O–H groups in total. The van der Waals surface area contributed by atoms with E-state index in [9.17, 15) is 0 Å². The predicted molar refractivity (Wildman–Crippen MR) is 45.3 cm³/mol. The van der Waals surface area contributed by atoms with Crippen molar-refractivity contribution in [1.29, 1.82) is 0 Å². The molecule has 0 aromatic rings. The average molecular weight is 176 g/mol. The average Bonchev–Trinajstić information content (AvgIpc) is 2.80. The summed E-state index contributed by atoms with van der Waals surface area (Å²) >= 11 is 0. The molecule has 0 aromatic heterocycles. The summed E-state index contributed by atoms with van der Waals surface area (Å²) in [6, 6.07) is 0. The highest BCUT2D eigenvalue weighted by Crippen LogP contribution is 2.16. The minimum Gasteiger partial charge on any atom is -0.424 e. The van der Waals surface area contributed by atoms with Crippen LogP contribution in [0.4, 0.5) is 0 Å². The first-order valence-corrected chi connectivity index (χ1v) is 5.50. The Morgan fingerprint density at radius 3 is 2.91 bits per heavy atom. The van der Waals surface area contributed by atoms with Crippen LogP contribution < -0.4 is 0 Å². The molecule has 11 heavy (non-hydrogen) atoms. The maximum Gasteiger partial charge on any atom is 0.193 e. The molecule has 1 heterocycles. The van der Waals surface area contributed by atoms with Crippen LogP contribution in [0, 0.1) is 0 Å². The second-order valence-corrected chi connectivity index (χ2v) is 4.45. The molecular formula is C7H16O3Si. The Morgan fingerprint density at radius 2 is 2.45 bits per heavy atom. The van der Waals surface area contributed by atoms with Crippen LogP contribution in [-0.2, 0) is 13.9 Å². The number of ether oxygens (including phenoxy) is 2. The molecule has 1 aliphatic heterocycles. The summed E-state index contributed by atoms with van der Waals surface area (Å²) in [6.07, 6.45) is 1.43. The molecule has 1 aliphatic rings. The van der Waals surface area contributed by atoms with E-state index >= 15 is 0 Å². The highest BCUT2D eigenvalue weighted by Gasteiger charge is 2.33. The lowest BCUT2D eigenvalue weighted by Crippen LogP contribution is -2.28. The van der Waals surface area contributed by atoms with E-state index < -0.39 is 9.76 Å². The van der Waals surface area contributed by atoms with Gasteiger partial charge in [-0.2, -0.15) is 0 Å². The fraction of sp³-hybridized carbons (Fsp3) is 1.00. The first kappa shape index (κ1) is 9.19. The highest BCUT2D eigenvalue weighted by molar-refractivity contribution is 6.29. The molecule has 0 radical (unpaired) electrons. The molecule has 0 aliphatic carbocycles. The van der Waals surface area contributed by atoms with Crippen LogP contribution >= 0.6 is 0 Å². The molecule has 2 unspecified atom stereocenters. The number of hydrogen-bond donors (Lipinski definition) is 0. The van der Waals surface area contributed by atoms with Crippen molar-refractivity contribution in [1.82, 2.24) is 0 Å². The lowest BCUT2D eigenvalue weighted by atomic mass is 10.5. The van der Waals surface area contributed by atoms with Crippen molar-refractivity contribution in [2.45, 2.75) is 25.2 Å². The van der Waals surface area contributed by atoms with Gasteiger partial charge in [0.2, 0.25) is 0 Å². The van der Waals surface area contributed by atoms with E-state index in [0.717, 1.165) is 19.6 Å². The first-order chi connectivity index (χ1) is 5.38. The van der Waals surface area contributed by atoms with Gasteiger partial charge in [-0.3, -0.25) is 0 Å². The quantitative estimate of drug-likeness (QED) is 0.417. The van der Waals surface area contributed by atoms with Crippen LogP contribution in [0.25, 0.3) is 0 Å². The molecule has 66 valence electrons. The Kier molecular flexibility index (Phi) is 4.07. The van der Waals surface area contributed by atoms with Gasteiger partial charge in [0.1, 0.15) is 6.10 Å². The maximum absolute atomic E-state index is 5.57. The Balaban J connectivity index is 2.10. The fourth-order valence-corrected chi connectivity index (χ4v) is 2.04. The van der Waals surface area contributed by atoms with Gasteiger partial charge in [-0.1, -0.05) is 6.92 Å². The molecule has 0 amide bonds. The fourth-order valence-electron chi connectivity index (χ4n) is 0.966. The minimum atomic E-state index is -0.517. The molecule has 0 aromatic carbocycles. The molecule has 1 saturated heterocycles. The summed E-state index contributed by atoms with van der Waals surface area (Å²) < 4.78 is 15.9. The summed E-state index contributed by atoms with van der Waals surface area (Å²) in [7, 11) is 1.23. The lowest BCUT2D eigenvalue weighted by molar-refractivity contribution is 0.0756. The van der Waals surface area contributed by atoms with E-state index in [1.807, 2.05) is 0 Å². The maximum atomic E-state index is 5.57. The van der Waals surface area contributed by atoms with Gasteiger partial charge in [-0.15, -0.1) is 0 Å². The summed E-state index contributed by atoms with van der Waals surface area (Å²) in [5.41, 5.74) is 0.292. The monoisotopic (exact) mass is 176 g/mol. The van der Waals surface area contributed by atoms with Crippen LogP contribution in [0.1, 0.15) is 13.3 Å². The van der Waals surface area contributed by atoms with E-state index in [-0.39, 0.29) is 0 Å². The second-order valence-electron chi connectivity index (χ2n) is 2.74. The predicted octanol–water partition coefficient (Wildman–Crippen LogP) is -0.132. The third kappa shape index (κ3) is 3.33. The van der Waals surface area contributed by atoms with Crippen LogP contribution in [0.5, 0.6) is 0 Å². The van der Waals surface area contributed by atoms with Crippen LogP contribution in [0.2, 0.25) is 0 Å². The van der Waals surface area contributed by atoms with Crippen LogP contribution in [0.3, 0.4) is 0 Å². The van der Waals surface area contributed by atoms with Gasteiger partial charge >= 0.3 is 0 Å². The molecule has 0 spiro atoms. The first-order valence-electron chi connectivity index (χ1n) is 4.10. The molecule has 4 heteroatoms. The van der Waals surface area contributed by atoms with Gasteiger partial charge in [-0.05, 0) is 6.42 Å². The third-order valence-corrected chi connectivity index (χ3v) is 3.06. The molecule has 0 saturated carbocycles. The van der Waals surface area contributed by atoms with Gasteiger partial charge in [0.05, 0.1) is 12.3 Å². The van der Waals surface area contributed by atoms with E-state index in [1.54, 1.807) is 7.11 Å². The number of hydrogen-bond acceptors (Lipinski definition) is 3. The second kappa shape index (κ2) is 4.87.